The van der Waals surface area contributed by atoms with E-state index in [1.54, 1.807) is 24.4 Å². The molecule has 1 unspecified atom stereocenters. The van der Waals surface area contributed by atoms with E-state index in [1.807, 2.05) is 13.8 Å². The summed E-state index contributed by atoms with van der Waals surface area (Å²) in [5, 5.41) is 3.85. The minimum Gasteiger partial charge on any atom is -0.444 e. The highest BCUT2D eigenvalue weighted by Gasteiger charge is 2.12. The van der Waals surface area contributed by atoms with E-state index in [0.29, 0.717) is 16.6 Å². The number of aromatic nitrogens is 1. The van der Waals surface area contributed by atoms with Gasteiger partial charge in [-0.2, -0.15) is 0 Å². The molecular weight excluding hydrogens is 238 g/mol. The number of rotatable bonds is 3. The summed E-state index contributed by atoms with van der Waals surface area (Å²) in [7, 11) is 0. The smallest absolute Gasteiger partial charge is 0.216 e. The molecule has 2 rings (SSSR count). The quantitative estimate of drug-likeness (QED) is 0.821. The molecule has 0 aliphatic heterocycles. The Hall–Kier alpha value is -1.68. The van der Waals surface area contributed by atoms with Gasteiger partial charge in [0.2, 0.25) is 5.89 Å². The molecule has 0 amide bonds. The van der Waals surface area contributed by atoms with Crippen molar-refractivity contribution >= 4 is 23.0 Å². The zero-order valence-electron chi connectivity index (χ0n) is 9.70. The third-order valence-electron chi connectivity index (χ3n) is 2.40. The molecule has 3 N–H and O–H groups in total. The Bertz CT molecular complexity index is 524. The largest absolute Gasteiger partial charge is 0.444 e. The van der Waals surface area contributed by atoms with Crippen molar-refractivity contribution in [1.29, 1.82) is 0 Å². The summed E-state index contributed by atoms with van der Waals surface area (Å²) in [5.74, 6) is 1.41. The van der Waals surface area contributed by atoms with Gasteiger partial charge in [0.1, 0.15) is 11.8 Å². The van der Waals surface area contributed by atoms with Gasteiger partial charge in [0.05, 0.1) is 17.6 Å². The monoisotopic (exact) mass is 251 g/mol. The van der Waals surface area contributed by atoms with E-state index in [4.69, 9.17) is 21.8 Å². The molecule has 0 bridgehead atoms. The van der Waals surface area contributed by atoms with Crippen LogP contribution in [0.25, 0.3) is 0 Å². The highest BCUT2D eigenvalue weighted by molar-refractivity contribution is 6.31. The molecule has 0 aliphatic rings. The lowest BCUT2D eigenvalue weighted by atomic mass is 10.2. The fourth-order valence-electron chi connectivity index (χ4n) is 1.52. The van der Waals surface area contributed by atoms with Crippen LogP contribution in [0, 0.1) is 6.92 Å². The Balaban J connectivity index is 2.18. The number of aryl methyl sites for hydroxylation is 1. The lowest BCUT2D eigenvalue weighted by molar-refractivity contribution is 0.454. The zero-order valence-corrected chi connectivity index (χ0v) is 10.5. The topological polar surface area (TPSA) is 64.1 Å². The minimum absolute atomic E-state index is 0.0653. The number of nitrogens with two attached hydrogens (primary N) is 1. The summed E-state index contributed by atoms with van der Waals surface area (Å²) in [6, 6.07) is 5.23. The molecule has 1 atom stereocenters. The third kappa shape index (κ3) is 2.71. The van der Waals surface area contributed by atoms with Gasteiger partial charge in [0.25, 0.3) is 0 Å². The molecule has 0 fully saturated rings. The van der Waals surface area contributed by atoms with E-state index >= 15 is 0 Å². The first kappa shape index (κ1) is 11.8. The molecule has 0 radical (unpaired) electrons. The first-order chi connectivity index (χ1) is 8.06. The van der Waals surface area contributed by atoms with Gasteiger partial charge < -0.3 is 15.5 Å². The molecule has 90 valence electrons. The normalized spacial score (nSPS) is 12.4. The molecular formula is C12H14ClN3O. The lowest BCUT2D eigenvalue weighted by Crippen LogP contribution is -2.08. The Morgan fingerprint density at radius 2 is 2.24 bits per heavy atom. The van der Waals surface area contributed by atoms with Crippen molar-refractivity contribution in [1.82, 2.24) is 4.98 Å². The highest BCUT2D eigenvalue weighted by Crippen LogP contribution is 2.26. The van der Waals surface area contributed by atoms with Crippen LogP contribution in [-0.4, -0.2) is 4.98 Å². The zero-order chi connectivity index (χ0) is 12.4. The summed E-state index contributed by atoms with van der Waals surface area (Å²) in [4.78, 5) is 4.16. The van der Waals surface area contributed by atoms with Crippen LogP contribution in [0.15, 0.2) is 28.8 Å². The van der Waals surface area contributed by atoms with Gasteiger partial charge in [0.15, 0.2) is 0 Å². The van der Waals surface area contributed by atoms with Crippen molar-refractivity contribution in [2.45, 2.75) is 19.9 Å². The average Bonchev–Trinajstić information content (AvgIpc) is 2.70. The van der Waals surface area contributed by atoms with Crippen LogP contribution < -0.4 is 11.1 Å². The van der Waals surface area contributed by atoms with Gasteiger partial charge in [-0.15, -0.1) is 0 Å². The first-order valence-electron chi connectivity index (χ1n) is 5.30. The van der Waals surface area contributed by atoms with E-state index in [1.165, 1.54) is 0 Å². The summed E-state index contributed by atoms with van der Waals surface area (Å²) in [6.07, 6.45) is 1.69. The number of oxazole rings is 1. The third-order valence-corrected chi connectivity index (χ3v) is 2.63. The predicted octanol–water partition coefficient (Wildman–Crippen LogP) is 3.39. The predicted molar refractivity (Wildman–Crippen MR) is 69.1 cm³/mol. The Kier molecular flexibility index (Phi) is 3.24. The number of halogens is 1. The molecule has 0 aliphatic carbocycles. The van der Waals surface area contributed by atoms with Gasteiger partial charge in [-0.25, -0.2) is 4.98 Å². The number of nitrogens with zero attached hydrogens (tertiary/aromatic N) is 1. The fraction of sp³-hybridized carbons (Fsp3) is 0.250. The molecule has 2 aromatic rings. The van der Waals surface area contributed by atoms with Crippen molar-refractivity contribution in [3.63, 3.8) is 0 Å². The summed E-state index contributed by atoms with van der Waals surface area (Å²) < 4.78 is 5.44. The summed E-state index contributed by atoms with van der Waals surface area (Å²) >= 11 is 5.92. The van der Waals surface area contributed by atoms with E-state index in [2.05, 4.69) is 10.3 Å². The number of benzene rings is 1. The van der Waals surface area contributed by atoms with Crippen LogP contribution >= 0.6 is 11.6 Å². The second kappa shape index (κ2) is 4.67. The van der Waals surface area contributed by atoms with Gasteiger partial charge in [-0.1, -0.05) is 11.6 Å². The first-order valence-corrected chi connectivity index (χ1v) is 5.68. The molecule has 0 saturated carbocycles. The van der Waals surface area contributed by atoms with Gasteiger partial charge >= 0.3 is 0 Å². The van der Waals surface area contributed by atoms with E-state index in [0.717, 1.165) is 11.4 Å². The molecule has 1 aromatic carbocycles. The van der Waals surface area contributed by atoms with Gasteiger partial charge in [0, 0.05) is 5.02 Å². The van der Waals surface area contributed by atoms with E-state index < -0.39 is 0 Å². The molecule has 5 heteroatoms. The van der Waals surface area contributed by atoms with Crippen LogP contribution in [0.5, 0.6) is 0 Å². The Labute approximate surface area is 105 Å². The molecule has 17 heavy (non-hydrogen) atoms. The van der Waals surface area contributed by atoms with Gasteiger partial charge in [-0.05, 0) is 32.0 Å². The summed E-state index contributed by atoms with van der Waals surface area (Å²) in [6.45, 7) is 3.81. The summed E-state index contributed by atoms with van der Waals surface area (Å²) in [5.41, 5.74) is 7.27. The van der Waals surface area contributed by atoms with Crippen LogP contribution in [-0.2, 0) is 0 Å². The maximum Gasteiger partial charge on any atom is 0.216 e. The standard InChI is InChI=1S/C12H14ClN3O/c1-7-6-15-12(17-7)8(2)16-11-5-9(13)3-4-10(11)14/h3-6,8,16H,14H2,1-2H3. The number of hydrogen-bond donors (Lipinski definition) is 2. The lowest BCUT2D eigenvalue weighted by Gasteiger charge is -2.14. The van der Waals surface area contributed by atoms with Crippen molar-refractivity contribution in [2.75, 3.05) is 11.1 Å². The molecule has 4 nitrogen and oxygen atoms in total. The minimum atomic E-state index is -0.0653. The van der Waals surface area contributed by atoms with Crippen molar-refractivity contribution in [3.05, 3.63) is 41.1 Å². The molecule has 1 aromatic heterocycles. The number of nitrogen functional groups attached to an aromatic ring is 1. The second-order valence-corrected chi connectivity index (χ2v) is 4.34. The maximum atomic E-state index is 5.92. The van der Waals surface area contributed by atoms with Crippen LogP contribution in [0.1, 0.15) is 24.6 Å². The average molecular weight is 252 g/mol. The second-order valence-electron chi connectivity index (χ2n) is 3.91. The van der Waals surface area contributed by atoms with Gasteiger partial charge in [-0.3, -0.25) is 0 Å². The fourth-order valence-corrected chi connectivity index (χ4v) is 1.69. The Morgan fingerprint density at radius 1 is 1.47 bits per heavy atom. The van der Waals surface area contributed by atoms with E-state index in [-0.39, 0.29) is 6.04 Å². The number of hydrogen-bond acceptors (Lipinski definition) is 4. The maximum absolute atomic E-state index is 5.92. The van der Waals surface area contributed by atoms with E-state index in [9.17, 15) is 0 Å². The molecule has 1 heterocycles. The van der Waals surface area contributed by atoms with Crippen molar-refractivity contribution < 1.29 is 4.42 Å². The van der Waals surface area contributed by atoms with Crippen LogP contribution in [0.3, 0.4) is 0 Å². The highest BCUT2D eigenvalue weighted by atomic mass is 35.5. The molecule has 0 saturated heterocycles. The van der Waals surface area contributed by atoms with Crippen molar-refractivity contribution in [2.24, 2.45) is 0 Å². The Morgan fingerprint density at radius 3 is 2.88 bits per heavy atom. The van der Waals surface area contributed by atoms with Crippen LogP contribution in [0.2, 0.25) is 5.02 Å². The SMILES string of the molecule is Cc1cnc(C(C)Nc2cc(Cl)ccc2N)o1. The van der Waals surface area contributed by atoms with Crippen LogP contribution in [0.4, 0.5) is 11.4 Å². The van der Waals surface area contributed by atoms with Crippen molar-refractivity contribution in [3.8, 4) is 0 Å². The number of nitrogens with one attached hydrogen (secondary N) is 1. The molecule has 0 spiro atoms. The number of anilines is 2.